The van der Waals surface area contributed by atoms with Crippen LogP contribution in [0.3, 0.4) is 0 Å². The third-order valence-electron chi connectivity index (χ3n) is 3.79. The second-order valence-corrected chi connectivity index (χ2v) is 5.47. The summed E-state index contributed by atoms with van der Waals surface area (Å²) in [6, 6.07) is 5.55. The quantitative estimate of drug-likeness (QED) is 0.715. The minimum atomic E-state index is 0.175. The van der Waals surface area contributed by atoms with Crippen molar-refractivity contribution in [3.05, 3.63) is 49.0 Å². The normalized spacial score (nSPS) is 18.3. The van der Waals surface area contributed by atoms with Gasteiger partial charge in [0.05, 0.1) is 18.4 Å². The number of aromatic nitrogens is 3. The van der Waals surface area contributed by atoms with Crippen molar-refractivity contribution in [3.63, 3.8) is 0 Å². The van der Waals surface area contributed by atoms with Crippen LogP contribution in [-0.2, 0) is 6.54 Å². The molecule has 0 amide bonds. The molecule has 23 heavy (non-hydrogen) atoms. The molecule has 7 nitrogen and oxygen atoms in total. The van der Waals surface area contributed by atoms with E-state index in [2.05, 4.69) is 20.0 Å². The highest BCUT2D eigenvalue weighted by atomic mass is 16.5. The van der Waals surface area contributed by atoms with Gasteiger partial charge in [0, 0.05) is 25.5 Å². The molecule has 3 aromatic heterocycles. The van der Waals surface area contributed by atoms with Crippen LogP contribution in [0.4, 0.5) is 0 Å². The molecule has 0 aliphatic carbocycles. The Morgan fingerprint density at radius 3 is 3.00 bits per heavy atom. The maximum Gasteiger partial charge on any atom is 0.241 e. The molecule has 4 rings (SSSR count). The number of furan rings is 1. The van der Waals surface area contributed by atoms with E-state index in [1.54, 1.807) is 24.9 Å². The lowest BCUT2D eigenvalue weighted by atomic mass is 10.3. The van der Waals surface area contributed by atoms with Crippen molar-refractivity contribution in [2.75, 3.05) is 13.1 Å². The van der Waals surface area contributed by atoms with E-state index >= 15 is 0 Å². The summed E-state index contributed by atoms with van der Waals surface area (Å²) >= 11 is 0. The predicted molar refractivity (Wildman–Crippen MR) is 80.5 cm³/mol. The Bertz CT molecular complexity index is 742. The molecule has 0 radical (unpaired) electrons. The molecule has 0 bridgehead atoms. The Labute approximate surface area is 132 Å². The zero-order valence-electron chi connectivity index (χ0n) is 12.5. The Kier molecular flexibility index (Phi) is 3.77. The van der Waals surface area contributed by atoms with Crippen LogP contribution in [0.5, 0.6) is 5.75 Å². The molecule has 0 saturated carbocycles. The number of hydrogen-bond donors (Lipinski definition) is 0. The van der Waals surface area contributed by atoms with Crippen molar-refractivity contribution in [2.24, 2.45) is 0 Å². The van der Waals surface area contributed by atoms with Crippen LogP contribution in [-0.4, -0.2) is 39.2 Å². The maximum absolute atomic E-state index is 5.95. The van der Waals surface area contributed by atoms with Crippen molar-refractivity contribution >= 4 is 0 Å². The fraction of sp³-hybridized carbons (Fsp3) is 0.312. The summed E-state index contributed by atoms with van der Waals surface area (Å²) < 4.78 is 16.3. The summed E-state index contributed by atoms with van der Waals surface area (Å²) in [6.07, 6.45) is 7.81. The number of pyridine rings is 1. The Hall–Kier alpha value is -2.67. The minimum absolute atomic E-state index is 0.175. The third-order valence-corrected chi connectivity index (χ3v) is 3.79. The van der Waals surface area contributed by atoms with Gasteiger partial charge in [-0.1, -0.05) is 5.16 Å². The van der Waals surface area contributed by atoms with Gasteiger partial charge < -0.3 is 13.7 Å². The van der Waals surface area contributed by atoms with E-state index in [1.165, 1.54) is 0 Å². The molecule has 1 aliphatic heterocycles. The zero-order valence-corrected chi connectivity index (χ0v) is 12.5. The summed E-state index contributed by atoms with van der Waals surface area (Å²) in [4.78, 5) is 10.6. The Morgan fingerprint density at radius 1 is 1.26 bits per heavy atom. The Balaban J connectivity index is 1.34. The van der Waals surface area contributed by atoms with Crippen LogP contribution in [0.2, 0.25) is 0 Å². The molecule has 1 unspecified atom stereocenters. The van der Waals surface area contributed by atoms with Crippen molar-refractivity contribution < 1.29 is 13.7 Å². The van der Waals surface area contributed by atoms with Crippen molar-refractivity contribution in [2.45, 2.75) is 19.1 Å². The van der Waals surface area contributed by atoms with Gasteiger partial charge >= 0.3 is 0 Å². The number of likely N-dealkylation sites (tertiary alicyclic amines) is 1. The zero-order chi connectivity index (χ0) is 15.5. The van der Waals surface area contributed by atoms with Gasteiger partial charge in [0.2, 0.25) is 11.7 Å². The fourth-order valence-corrected chi connectivity index (χ4v) is 2.67. The molecule has 7 heteroatoms. The van der Waals surface area contributed by atoms with Gasteiger partial charge in [-0.2, -0.15) is 4.98 Å². The van der Waals surface area contributed by atoms with Gasteiger partial charge in [0.15, 0.2) is 0 Å². The fourth-order valence-electron chi connectivity index (χ4n) is 2.67. The first-order valence-electron chi connectivity index (χ1n) is 7.51. The molecule has 3 aromatic rings. The van der Waals surface area contributed by atoms with E-state index in [0.29, 0.717) is 18.3 Å². The van der Waals surface area contributed by atoms with E-state index < -0.39 is 0 Å². The summed E-state index contributed by atoms with van der Waals surface area (Å²) in [7, 11) is 0. The number of hydrogen-bond acceptors (Lipinski definition) is 7. The van der Waals surface area contributed by atoms with Crippen LogP contribution >= 0.6 is 0 Å². The highest BCUT2D eigenvalue weighted by Crippen LogP contribution is 2.20. The van der Waals surface area contributed by atoms with E-state index in [1.807, 2.05) is 18.2 Å². The summed E-state index contributed by atoms with van der Waals surface area (Å²) in [5, 5.41) is 3.98. The van der Waals surface area contributed by atoms with Gasteiger partial charge in [-0.15, -0.1) is 0 Å². The van der Waals surface area contributed by atoms with Crippen LogP contribution in [0.25, 0.3) is 11.4 Å². The highest BCUT2D eigenvalue weighted by molar-refractivity contribution is 5.51. The van der Waals surface area contributed by atoms with E-state index in [-0.39, 0.29) is 6.10 Å². The molecule has 1 aliphatic rings. The smallest absolute Gasteiger partial charge is 0.241 e. The molecule has 4 heterocycles. The standard InChI is InChI=1S/C16H16N4O3/c1-5-17-6-2-13(1)22-14-3-7-20(9-14)10-15-18-16(19-23-15)12-4-8-21-11-12/h1-2,4-6,8,11,14H,3,7,9-10H2. The van der Waals surface area contributed by atoms with Gasteiger partial charge in [-0.25, -0.2) is 0 Å². The average molecular weight is 312 g/mol. The molecule has 0 spiro atoms. The molecular formula is C16H16N4O3. The minimum Gasteiger partial charge on any atom is -0.489 e. The predicted octanol–water partition coefficient (Wildman–Crippen LogP) is 2.38. The lowest BCUT2D eigenvalue weighted by Gasteiger charge is -2.15. The van der Waals surface area contributed by atoms with Crippen LogP contribution < -0.4 is 4.74 Å². The molecule has 1 fully saturated rings. The second-order valence-electron chi connectivity index (χ2n) is 5.47. The van der Waals surface area contributed by atoms with Crippen LogP contribution in [0, 0.1) is 0 Å². The lowest BCUT2D eigenvalue weighted by molar-refractivity contribution is 0.190. The third kappa shape index (κ3) is 3.24. The maximum atomic E-state index is 5.95. The molecule has 0 aromatic carbocycles. The van der Waals surface area contributed by atoms with Crippen molar-refractivity contribution in [3.8, 4) is 17.1 Å². The molecule has 1 saturated heterocycles. The summed E-state index contributed by atoms with van der Waals surface area (Å²) in [5.41, 5.74) is 0.820. The first-order valence-corrected chi connectivity index (χ1v) is 7.51. The summed E-state index contributed by atoms with van der Waals surface area (Å²) in [6.45, 7) is 2.41. The average Bonchev–Trinajstić information content (AvgIpc) is 3.30. The monoisotopic (exact) mass is 312 g/mol. The topological polar surface area (TPSA) is 77.4 Å². The van der Waals surface area contributed by atoms with Gasteiger partial charge in [-0.05, 0) is 24.6 Å². The van der Waals surface area contributed by atoms with Crippen molar-refractivity contribution in [1.29, 1.82) is 0 Å². The van der Waals surface area contributed by atoms with Crippen LogP contribution in [0.15, 0.2) is 52.1 Å². The molecule has 118 valence electrons. The summed E-state index contributed by atoms with van der Waals surface area (Å²) in [5.74, 6) is 2.01. The SMILES string of the molecule is c1cc(OC2CCN(Cc3nc(-c4ccoc4)no3)C2)ccn1. The first kappa shape index (κ1) is 14.0. The Morgan fingerprint density at radius 2 is 2.17 bits per heavy atom. The molecule has 1 atom stereocenters. The van der Waals surface area contributed by atoms with Crippen LogP contribution in [0.1, 0.15) is 12.3 Å². The lowest BCUT2D eigenvalue weighted by Crippen LogP contribution is -2.24. The second kappa shape index (κ2) is 6.21. The number of nitrogens with zero attached hydrogens (tertiary/aromatic N) is 4. The van der Waals surface area contributed by atoms with E-state index in [4.69, 9.17) is 13.7 Å². The largest absolute Gasteiger partial charge is 0.489 e. The molecule has 0 N–H and O–H groups in total. The highest BCUT2D eigenvalue weighted by Gasteiger charge is 2.25. The molecular weight excluding hydrogens is 296 g/mol. The van der Waals surface area contributed by atoms with Gasteiger partial charge in [0.1, 0.15) is 18.1 Å². The van der Waals surface area contributed by atoms with E-state index in [0.717, 1.165) is 30.8 Å². The number of rotatable bonds is 5. The first-order chi connectivity index (χ1) is 11.4. The van der Waals surface area contributed by atoms with Gasteiger partial charge in [-0.3, -0.25) is 9.88 Å². The van der Waals surface area contributed by atoms with E-state index in [9.17, 15) is 0 Å². The number of ether oxygens (including phenoxy) is 1. The van der Waals surface area contributed by atoms with Gasteiger partial charge in [0.25, 0.3) is 0 Å². The van der Waals surface area contributed by atoms with Crippen molar-refractivity contribution in [1.82, 2.24) is 20.0 Å².